The number of nitrogens with one attached hydrogen (secondary N) is 2. The maximum atomic E-state index is 11.5. The van der Waals surface area contributed by atoms with Gasteiger partial charge < -0.3 is 16.0 Å². The maximum absolute atomic E-state index is 11.5. The van der Waals surface area contributed by atoms with Gasteiger partial charge in [0.1, 0.15) is 0 Å². The molecule has 1 aliphatic rings. The second-order valence-corrected chi connectivity index (χ2v) is 3.99. The van der Waals surface area contributed by atoms with E-state index in [0.717, 1.165) is 12.8 Å². The molecule has 0 unspecified atom stereocenters. The third-order valence-electron chi connectivity index (χ3n) is 2.87. The first-order valence-electron chi connectivity index (χ1n) is 4.87. The van der Waals surface area contributed by atoms with E-state index in [9.17, 15) is 4.79 Å². The van der Waals surface area contributed by atoms with Gasteiger partial charge in [-0.25, -0.2) is 0 Å². The number of nitrogens with two attached hydrogens (primary N) is 1. The smallest absolute Gasteiger partial charge is 0.252 e. The van der Waals surface area contributed by atoms with Crippen LogP contribution >= 0.6 is 0 Å². The van der Waals surface area contributed by atoms with Crippen molar-refractivity contribution in [3.63, 3.8) is 0 Å². The highest BCUT2D eigenvalue weighted by atomic mass is 16.1. The molecule has 76 valence electrons. The predicted molar refractivity (Wildman–Crippen MR) is 53.8 cm³/mol. The summed E-state index contributed by atoms with van der Waals surface area (Å²) in [6, 6.07) is 1.76. The zero-order chi connectivity index (χ0) is 10.0. The van der Waals surface area contributed by atoms with Crippen molar-refractivity contribution in [1.29, 1.82) is 0 Å². The SMILES string of the molecule is NCC1(CNC(=O)c2cc[nH]c2)CC1. The average Bonchev–Trinajstić information content (AvgIpc) is 2.78. The molecule has 14 heavy (non-hydrogen) atoms. The van der Waals surface area contributed by atoms with Crippen LogP contribution < -0.4 is 11.1 Å². The molecule has 0 radical (unpaired) electrons. The molecule has 4 nitrogen and oxygen atoms in total. The Labute approximate surface area is 82.9 Å². The zero-order valence-corrected chi connectivity index (χ0v) is 8.05. The second-order valence-electron chi connectivity index (χ2n) is 3.99. The lowest BCUT2D eigenvalue weighted by molar-refractivity contribution is 0.0945. The molecule has 4 N–H and O–H groups in total. The molecule has 1 amide bonds. The van der Waals surface area contributed by atoms with E-state index in [1.807, 2.05) is 0 Å². The number of aromatic nitrogens is 1. The number of carbonyl (C=O) groups excluding carboxylic acids is 1. The largest absolute Gasteiger partial charge is 0.367 e. The molecule has 1 aromatic heterocycles. The van der Waals surface area contributed by atoms with E-state index in [1.54, 1.807) is 18.5 Å². The van der Waals surface area contributed by atoms with Crippen molar-refractivity contribution in [3.05, 3.63) is 24.0 Å². The second kappa shape index (κ2) is 3.46. The molecule has 0 aliphatic heterocycles. The van der Waals surface area contributed by atoms with Crippen molar-refractivity contribution < 1.29 is 4.79 Å². The van der Waals surface area contributed by atoms with Crippen LogP contribution in [0, 0.1) is 5.41 Å². The van der Waals surface area contributed by atoms with Crippen LogP contribution in [0.4, 0.5) is 0 Å². The summed E-state index contributed by atoms with van der Waals surface area (Å²) in [5.74, 6) is -0.0222. The van der Waals surface area contributed by atoms with Crippen LogP contribution in [0.2, 0.25) is 0 Å². The Morgan fingerprint density at radius 1 is 1.64 bits per heavy atom. The minimum absolute atomic E-state index is 0.0222. The van der Waals surface area contributed by atoms with Gasteiger partial charge >= 0.3 is 0 Å². The number of hydrogen-bond acceptors (Lipinski definition) is 2. The van der Waals surface area contributed by atoms with Crippen LogP contribution in [-0.4, -0.2) is 24.0 Å². The van der Waals surface area contributed by atoms with Gasteiger partial charge in [0, 0.05) is 24.4 Å². The van der Waals surface area contributed by atoms with Crippen molar-refractivity contribution in [2.75, 3.05) is 13.1 Å². The molecule has 1 aliphatic carbocycles. The Hall–Kier alpha value is -1.29. The molecule has 1 saturated carbocycles. The van der Waals surface area contributed by atoms with E-state index in [-0.39, 0.29) is 11.3 Å². The van der Waals surface area contributed by atoms with Gasteiger partial charge in [0.05, 0.1) is 5.56 Å². The molecule has 2 rings (SSSR count). The van der Waals surface area contributed by atoms with Gasteiger partial charge in [-0.05, 0) is 25.5 Å². The number of hydrogen-bond donors (Lipinski definition) is 3. The van der Waals surface area contributed by atoms with Gasteiger partial charge in [-0.1, -0.05) is 0 Å². The molecule has 1 heterocycles. The number of rotatable bonds is 4. The highest BCUT2D eigenvalue weighted by molar-refractivity contribution is 5.93. The van der Waals surface area contributed by atoms with Crippen molar-refractivity contribution in [2.45, 2.75) is 12.8 Å². The molecule has 1 aromatic rings. The van der Waals surface area contributed by atoms with Gasteiger partial charge in [0.2, 0.25) is 0 Å². The highest BCUT2D eigenvalue weighted by Crippen LogP contribution is 2.43. The highest BCUT2D eigenvalue weighted by Gasteiger charge is 2.41. The van der Waals surface area contributed by atoms with Gasteiger partial charge in [-0.3, -0.25) is 4.79 Å². The first kappa shape index (κ1) is 9.27. The summed E-state index contributed by atoms with van der Waals surface area (Å²) < 4.78 is 0. The zero-order valence-electron chi connectivity index (χ0n) is 8.05. The molecule has 0 atom stereocenters. The average molecular weight is 193 g/mol. The standard InChI is InChI=1S/C10H15N3O/c11-6-10(2-3-10)7-13-9(14)8-1-4-12-5-8/h1,4-5,12H,2-3,6-7,11H2,(H,13,14). The van der Waals surface area contributed by atoms with Crippen LogP contribution in [-0.2, 0) is 0 Å². The topological polar surface area (TPSA) is 70.9 Å². The van der Waals surface area contributed by atoms with E-state index in [4.69, 9.17) is 5.73 Å². The van der Waals surface area contributed by atoms with Crippen LogP contribution in [0.1, 0.15) is 23.2 Å². The fourth-order valence-corrected chi connectivity index (χ4v) is 1.46. The molecule has 1 fully saturated rings. The van der Waals surface area contributed by atoms with Crippen LogP contribution in [0.25, 0.3) is 0 Å². The van der Waals surface area contributed by atoms with Crippen LogP contribution in [0.5, 0.6) is 0 Å². The Morgan fingerprint density at radius 3 is 2.93 bits per heavy atom. The van der Waals surface area contributed by atoms with Gasteiger partial charge in [0.25, 0.3) is 5.91 Å². The Balaban J connectivity index is 1.84. The number of H-pyrrole nitrogens is 1. The van der Waals surface area contributed by atoms with Crippen molar-refractivity contribution in [2.24, 2.45) is 11.1 Å². The third kappa shape index (κ3) is 1.80. The molecule has 0 spiro atoms. The molecular formula is C10H15N3O. The number of aromatic amines is 1. The first-order chi connectivity index (χ1) is 6.76. The third-order valence-corrected chi connectivity index (χ3v) is 2.87. The quantitative estimate of drug-likeness (QED) is 0.651. The Kier molecular flexibility index (Phi) is 2.29. The number of carbonyl (C=O) groups is 1. The molecule has 0 bridgehead atoms. The summed E-state index contributed by atoms with van der Waals surface area (Å²) >= 11 is 0. The molecule has 0 aromatic carbocycles. The van der Waals surface area contributed by atoms with Gasteiger partial charge in [-0.2, -0.15) is 0 Å². The summed E-state index contributed by atoms with van der Waals surface area (Å²) in [7, 11) is 0. The van der Waals surface area contributed by atoms with E-state index in [0.29, 0.717) is 18.7 Å². The Morgan fingerprint density at radius 2 is 2.43 bits per heavy atom. The normalized spacial score (nSPS) is 17.8. The van der Waals surface area contributed by atoms with E-state index < -0.39 is 0 Å². The summed E-state index contributed by atoms with van der Waals surface area (Å²) in [4.78, 5) is 14.4. The van der Waals surface area contributed by atoms with E-state index in [1.165, 1.54) is 0 Å². The molecule has 0 saturated heterocycles. The van der Waals surface area contributed by atoms with E-state index in [2.05, 4.69) is 10.3 Å². The minimum Gasteiger partial charge on any atom is -0.367 e. The van der Waals surface area contributed by atoms with Gasteiger partial charge in [0.15, 0.2) is 0 Å². The van der Waals surface area contributed by atoms with Crippen molar-refractivity contribution in [3.8, 4) is 0 Å². The Bertz CT molecular complexity index is 314. The monoisotopic (exact) mass is 193 g/mol. The maximum Gasteiger partial charge on any atom is 0.252 e. The lowest BCUT2D eigenvalue weighted by Crippen LogP contribution is -2.33. The van der Waals surface area contributed by atoms with Crippen LogP contribution in [0.15, 0.2) is 18.5 Å². The molecular weight excluding hydrogens is 178 g/mol. The van der Waals surface area contributed by atoms with E-state index >= 15 is 0 Å². The molecule has 4 heteroatoms. The van der Waals surface area contributed by atoms with Gasteiger partial charge in [-0.15, -0.1) is 0 Å². The summed E-state index contributed by atoms with van der Waals surface area (Å²) in [6.07, 6.45) is 5.70. The lowest BCUT2D eigenvalue weighted by atomic mass is 10.1. The lowest BCUT2D eigenvalue weighted by Gasteiger charge is -2.12. The summed E-state index contributed by atoms with van der Waals surface area (Å²) in [5, 5.41) is 2.90. The predicted octanol–water partition coefficient (Wildman–Crippen LogP) is 0.483. The summed E-state index contributed by atoms with van der Waals surface area (Å²) in [6.45, 7) is 1.37. The fourth-order valence-electron chi connectivity index (χ4n) is 1.46. The van der Waals surface area contributed by atoms with Crippen LogP contribution in [0.3, 0.4) is 0 Å². The summed E-state index contributed by atoms with van der Waals surface area (Å²) in [5.41, 5.74) is 6.50. The number of amides is 1. The van der Waals surface area contributed by atoms with Crippen molar-refractivity contribution >= 4 is 5.91 Å². The van der Waals surface area contributed by atoms with Crippen molar-refractivity contribution in [1.82, 2.24) is 10.3 Å². The minimum atomic E-state index is -0.0222. The fraction of sp³-hybridized carbons (Fsp3) is 0.500. The first-order valence-corrected chi connectivity index (χ1v) is 4.87.